The van der Waals surface area contributed by atoms with Crippen LogP contribution in [0.25, 0.3) is 11.0 Å². The molecule has 0 aliphatic heterocycles. The second-order valence-electron chi connectivity index (χ2n) is 4.70. The third-order valence-electron chi connectivity index (χ3n) is 3.16. The monoisotopic (exact) mass is 410 g/mol. The van der Waals surface area contributed by atoms with E-state index >= 15 is 0 Å². The van der Waals surface area contributed by atoms with Crippen LogP contribution in [0.15, 0.2) is 49.8 Å². The minimum atomic E-state index is -0.568. The number of fused-ring (bicyclic) bond motifs is 1. The number of halogens is 3. The molecular formula is C16H9Br2FO2. The molecule has 0 saturated heterocycles. The Morgan fingerprint density at radius 3 is 2.62 bits per heavy atom. The Morgan fingerprint density at radius 1 is 1.10 bits per heavy atom. The first-order chi connectivity index (χ1) is 9.95. The Balaban J connectivity index is 2.14. The Kier molecular flexibility index (Phi) is 3.71. The van der Waals surface area contributed by atoms with Gasteiger partial charge in [-0.05, 0) is 48.9 Å². The van der Waals surface area contributed by atoms with Crippen LogP contribution in [0.3, 0.4) is 0 Å². The van der Waals surface area contributed by atoms with E-state index in [-0.39, 0.29) is 11.3 Å². The second-order valence-corrected chi connectivity index (χ2v) is 6.54. The van der Waals surface area contributed by atoms with Crippen molar-refractivity contribution in [2.45, 2.75) is 6.92 Å². The molecule has 106 valence electrons. The van der Waals surface area contributed by atoms with Crippen molar-refractivity contribution in [3.8, 4) is 0 Å². The largest absolute Gasteiger partial charge is 0.452 e. The maximum absolute atomic E-state index is 13.8. The van der Waals surface area contributed by atoms with Crippen LogP contribution in [0.5, 0.6) is 0 Å². The number of ketones is 1. The molecule has 3 aromatic rings. The fourth-order valence-electron chi connectivity index (χ4n) is 2.20. The smallest absolute Gasteiger partial charge is 0.231 e. The van der Waals surface area contributed by atoms with Gasteiger partial charge in [-0.2, -0.15) is 0 Å². The summed E-state index contributed by atoms with van der Waals surface area (Å²) in [6, 6.07) is 9.65. The van der Waals surface area contributed by atoms with Crippen LogP contribution >= 0.6 is 31.9 Å². The van der Waals surface area contributed by atoms with E-state index in [1.165, 1.54) is 12.1 Å². The maximum atomic E-state index is 13.8. The molecule has 21 heavy (non-hydrogen) atoms. The maximum Gasteiger partial charge on any atom is 0.231 e. The van der Waals surface area contributed by atoms with Crippen molar-refractivity contribution in [1.29, 1.82) is 0 Å². The van der Waals surface area contributed by atoms with Gasteiger partial charge in [0.2, 0.25) is 5.78 Å². The fraction of sp³-hybridized carbons (Fsp3) is 0.0625. The van der Waals surface area contributed by atoms with Crippen molar-refractivity contribution in [2.24, 2.45) is 0 Å². The Morgan fingerprint density at radius 2 is 1.86 bits per heavy atom. The summed E-state index contributed by atoms with van der Waals surface area (Å²) in [5.74, 6) is -0.912. The van der Waals surface area contributed by atoms with Crippen molar-refractivity contribution in [2.75, 3.05) is 0 Å². The number of carbonyl (C=O) groups is 1. The van der Waals surface area contributed by atoms with Crippen LogP contribution in [0.2, 0.25) is 0 Å². The van der Waals surface area contributed by atoms with Gasteiger partial charge < -0.3 is 4.42 Å². The number of hydrogen-bond donors (Lipinski definition) is 0. The molecule has 0 saturated carbocycles. The number of furan rings is 1. The Labute approximate surface area is 137 Å². The lowest BCUT2D eigenvalue weighted by Gasteiger charge is -2.00. The highest BCUT2D eigenvalue weighted by Crippen LogP contribution is 2.29. The number of hydrogen-bond acceptors (Lipinski definition) is 2. The van der Waals surface area contributed by atoms with E-state index in [2.05, 4.69) is 31.9 Å². The van der Waals surface area contributed by atoms with Gasteiger partial charge in [0, 0.05) is 14.3 Å². The molecule has 0 fully saturated rings. The average Bonchev–Trinajstić information content (AvgIpc) is 2.85. The van der Waals surface area contributed by atoms with Gasteiger partial charge in [-0.15, -0.1) is 0 Å². The van der Waals surface area contributed by atoms with E-state index in [0.29, 0.717) is 10.1 Å². The van der Waals surface area contributed by atoms with E-state index in [1.807, 2.05) is 19.1 Å². The molecule has 0 N–H and O–H groups in total. The standard InChI is InChI=1S/C16H9Br2FO2/c1-8-4-11(18)5-9-6-14(21-16(8)9)15(20)12-7-10(17)2-3-13(12)19/h2-7H,1H3. The van der Waals surface area contributed by atoms with Crippen molar-refractivity contribution in [3.05, 3.63) is 68.0 Å². The lowest BCUT2D eigenvalue weighted by molar-refractivity contribution is 0.101. The Bertz CT molecular complexity index is 868. The summed E-state index contributed by atoms with van der Waals surface area (Å²) < 4.78 is 21.0. The van der Waals surface area contributed by atoms with Crippen molar-refractivity contribution in [1.82, 2.24) is 0 Å². The number of benzene rings is 2. The summed E-state index contributed by atoms with van der Waals surface area (Å²) >= 11 is 6.64. The van der Waals surface area contributed by atoms with Crippen molar-refractivity contribution < 1.29 is 13.6 Å². The van der Waals surface area contributed by atoms with Gasteiger partial charge in [0.1, 0.15) is 11.4 Å². The van der Waals surface area contributed by atoms with Crippen molar-refractivity contribution in [3.63, 3.8) is 0 Å². The summed E-state index contributed by atoms with van der Waals surface area (Å²) in [6.45, 7) is 1.89. The molecule has 0 atom stereocenters. The molecular weight excluding hydrogens is 403 g/mol. The average molecular weight is 412 g/mol. The van der Waals surface area contributed by atoms with Crippen molar-refractivity contribution >= 4 is 48.6 Å². The highest BCUT2D eigenvalue weighted by molar-refractivity contribution is 9.10. The van der Waals surface area contributed by atoms with E-state index < -0.39 is 11.6 Å². The van der Waals surface area contributed by atoms with Gasteiger partial charge in [-0.25, -0.2) is 4.39 Å². The molecule has 2 aromatic carbocycles. The molecule has 0 unspecified atom stereocenters. The van der Waals surface area contributed by atoms with Crippen LogP contribution in [0, 0.1) is 12.7 Å². The summed E-state index contributed by atoms with van der Waals surface area (Å²) in [6.07, 6.45) is 0. The molecule has 5 heteroatoms. The van der Waals surface area contributed by atoms with Crippen LogP contribution in [-0.2, 0) is 0 Å². The number of aryl methyl sites for hydroxylation is 1. The third-order valence-corrected chi connectivity index (χ3v) is 4.11. The van der Waals surface area contributed by atoms with E-state index in [9.17, 15) is 9.18 Å². The highest BCUT2D eigenvalue weighted by atomic mass is 79.9. The molecule has 0 bridgehead atoms. The predicted molar refractivity (Wildman–Crippen MR) is 86.2 cm³/mol. The quantitative estimate of drug-likeness (QED) is 0.511. The Hall–Kier alpha value is -1.46. The van der Waals surface area contributed by atoms with Gasteiger partial charge in [-0.3, -0.25) is 4.79 Å². The van der Waals surface area contributed by atoms with E-state index in [0.717, 1.165) is 15.4 Å². The van der Waals surface area contributed by atoms with Gasteiger partial charge in [0.15, 0.2) is 5.76 Å². The first-order valence-corrected chi connectivity index (χ1v) is 7.74. The minimum Gasteiger partial charge on any atom is -0.452 e. The first-order valence-electron chi connectivity index (χ1n) is 6.15. The summed E-state index contributed by atoms with van der Waals surface area (Å²) in [7, 11) is 0. The fourth-order valence-corrected chi connectivity index (χ4v) is 3.15. The summed E-state index contributed by atoms with van der Waals surface area (Å²) in [5, 5.41) is 0.806. The van der Waals surface area contributed by atoms with Crippen LogP contribution in [0.4, 0.5) is 4.39 Å². The van der Waals surface area contributed by atoms with Crippen LogP contribution in [-0.4, -0.2) is 5.78 Å². The molecule has 3 rings (SSSR count). The highest BCUT2D eigenvalue weighted by Gasteiger charge is 2.19. The van der Waals surface area contributed by atoms with Gasteiger partial charge in [0.05, 0.1) is 5.56 Å². The van der Waals surface area contributed by atoms with Crippen LogP contribution < -0.4 is 0 Å². The molecule has 2 nitrogen and oxygen atoms in total. The zero-order chi connectivity index (χ0) is 15.1. The van der Waals surface area contributed by atoms with Crippen LogP contribution in [0.1, 0.15) is 21.7 Å². The molecule has 1 aromatic heterocycles. The predicted octanol–water partition coefficient (Wildman–Crippen LogP) is 5.64. The van der Waals surface area contributed by atoms with Gasteiger partial charge in [0.25, 0.3) is 0 Å². The molecule has 0 radical (unpaired) electrons. The molecule has 1 heterocycles. The topological polar surface area (TPSA) is 30.2 Å². The molecule has 0 aliphatic carbocycles. The molecule has 0 spiro atoms. The zero-order valence-electron chi connectivity index (χ0n) is 10.9. The SMILES string of the molecule is Cc1cc(Br)cc2cc(C(=O)c3cc(Br)ccc3F)oc12. The third kappa shape index (κ3) is 2.68. The lowest BCUT2D eigenvalue weighted by atomic mass is 10.1. The molecule has 0 amide bonds. The van der Waals surface area contributed by atoms with E-state index in [1.54, 1.807) is 12.1 Å². The van der Waals surface area contributed by atoms with E-state index in [4.69, 9.17) is 4.42 Å². The number of rotatable bonds is 2. The second kappa shape index (κ2) is 5.39. The zero-order valence-corrected chi connectivity index (χ0v) is 14.1. The summed E-state index contributed by atoms with van der Waals surface area (Å²) in [5.41, 5.74) is 1.53. The normalized spacial score (nSPS) is 11.0. The number of carbonyl (C=O) groups excluding carboxylic acids is 1. The summed E-state index contributed by atoms with van der Waals surface area (Å²) in [4.78, 5) is 12.4. The first kappa shape index (κ1) is 14.5. The molecule has 0 aliphatic rings. The van der Waals surface area contributed by atoms with Gasteiger partial charge in [-0.1, -0.05) is 31.9 Å². The van der Waals surface area contributed by atoms with Gasteiger partial charge >= 0.3 is 0 Å². The minimum absolute atomic E-state index is 0.0138. The lowest BCUT2D eigenvalue weighted by Crippen LogP contribution is -2.02.